The van der Waals surface area contributed by atoms with E-state index in [0.717, 1.165) is 62.8 Å². The van der Waals surface area contributed by atoms with Gasteiger partial charge in [0.25, 0.3) is 5.91 Å². The Hall–Kier alpha value is -2.80. The molecule has 1 amide bonds. The summed E-state index contributed by atoms with van der Waals surface area (Å²) in [5.41, 5.74) is 1.75. The molecule has 1 unspecified atom stereocenters. The van der Waals surface area contributed by atoms with Crippen LogP contribution in [-0.4, -0.2) is 49.5 Å². The first-order chi connectivity index (χ1) is 15.7. The average Bonchev–Trinajstić information content (AvgIpc) is 3.53. The standard InChI is InChI=1S/C25H37N5O2/c1-3-5-14-27-24(31)21-12-10-20(11-13-21)18-28-25(26-4-2)29-19-22(23-9-8-17-32-23)30-15-6-7-16-30/h8-13,17,22H,3-7,14-16,18-19H2,1-2H3,(H,27,31)(H2,26,28,29). The van der Waals surface area contributed by atoms with Crippen LogP contribution in [0.15, 0.2) is 52.1 Å². The topological polar surface area (TPSA) is 81.9 Å². The highest BCUT2D eigenvalue weighted by atomic mass is 16.3. The van der Waals surface area contributed by atoms with Crippen molar-refractivity contribution in [1.82, 2.24) is 20.9 Å². The number of guanidine groups is 1. The fourth-order valence-corrected chi connectivity index (χ4v) is 3.89. The third kappa shape index (κ3) is 7.12. The van der Waals surface area contributed by atoms with Gasteiger partial charge in [-0.2, -0.15) is 0 Å². The Labute approximate surface area is 191 Å². The number of amides is 1. The van der Waals surface area contributed by atoms with Crippen LogP contribution in [0.25, 0.3) is 0 Å². The van der Waals surface area contributed by atoms with Gasteiger partial charge in [-0.1, -0.05) is 25.5 Å². The van der Waals surface area contributed by atoms with Gasteiger partial charge in [-0.25, -0.2) is 4.99 Å². The van der Waals surface area contributed by atoms with Gasteiger partial charge >= 0.3 is 0 Å². The largest absolute Gasteiger partial charge is 0.468 e. The number of rotatable bonds is 11. The van der Waals surface area contributed by atoms with Gasteiger partial charge in [0.05, 0.1) is 18.8 Å². The molecule has 7 nitrogen and oxygen atoms in total. The van der Waals surface area contributed by atoms with Crippen LogP contribution in [0.1, 0.15) is 67.3 Å². The zero-order valence-corrected chi connectivity index (χ0v) is 19.4. The predicted molar refractivity (Wildman–Crippen MR) is 129 cm³/mol. The summed E-state index contributed by atoms with van der Waals surface area (Å²) in [4.78, 5) is 19.4. The SMILES string of the molecule is CCCCNC(=O)c1ccc(CN=C(NCC)NCC(c2ccco2)N2CCCC2)cc1. The van der Waals surface area contributed by atoms with Crippen LogP contribution < -0.4 is 16.0 Å². The molecule has 2 heterocycles. The fraction of sp³-hybridized carbons (Fsp3) is 0.520. The number of unbranched alkanes of at least 4 members (excludes halogenated alkanes) is 1. The number of benzene rings is 1. The van der Waals surface area contributed by atoms with E-state index in [2.05, 4.69) is 40.8 Å². The van der Waals surface area contributed by atoms with Crippen LogP contribution in [-0.2, 0) is 6.54 Å². The molecule has 0 saturated carbocycles. The second kappa shape index (κ2) is 12.9. The maximum atomic E-state index is 12.2. The molecule has 1 fully saturated rings. The van der Waals surface area contributed by atoms with Gasteiger partial charge < -0.3 is 20.4 Å². The number of nitrogens with zero attached hydrogens (tertiary/aromatic N) is 2. The zero-order valence-electron chi connectivity index (χ0n) is 19.4. The molecular weight excluding hydrogens is 402 g/mol. The Kier molecular flexibility index (Phi) is 9.62. The van der Waals surface area contributed by atoms with Crippen molar-refractivity contribution in [3.05, 3.63) is 59.5 Å². The molecule has 0 spiro atoms. The number of carbonyl (C=O) groups excluding carboxylic acids is 1. The number of carbonyl (C=O) groups is 1. The molecule has 32 heavy (non-hydrogen) atoms. The highest BCUT2D eigenvalue weighted by molar-refractivity contribution is 5.94. The lowest BCUT2D eigenvalue weighted by atomic mass is 10.1. The van der Waals surface area contributed by atoms with Crippen molar-refractivity contribution < 1.29 is 9.21 Å². The van der Waals surface area contributed by atoms with E-state index in [4.69, 9.17) is 9.41 Å². The van der Waals surface area contributed by atoms with Crippen molar-refractivity contribution >= 4 is 11.9 Å². The lowest BCUT2D eigenvalue weighted by Crippen LogP contribution is -2.42. The lowest BCUT2D eigenvalue weighted by molar-refractivity contribution is 0.0953. The van der Waals surface area contributed by atoms with Gasteiger partial charge in [-0.05, 0) is 69.1 Å². The van der Waals surface area contributed by atoms with Gasteiger partial charge in [0.15, 0.2) is 5.96 Å². The maximum absolute atomic E-state index is 12.2. The van der Waals surface area contributed by atoms with E-state index in [1.807, 2.05) is 30.3 Å². The van der Waals surface area contributed by atoms with Crippen molar-refractivity contribution in [2.75, 3.05) is 32.7 Å². The Morgan fingerprint density at radius 3 is 2.53 bits per heavy atom. The Morgan fingerprint density at radius 1 is 1.09 bits per heavy atom. The molecule has 1 saturated heterocycles. The van der Waals surface area contributed by atoms with Gasteiger partial charge in [0, 0.05) is 25.2 Å². The molecule has 1 aliphatic rings. The molecule has 3 rings (SSSR count). The van der Waals surface area contributed by atoms with E-state index in [1.54, 1.807) is 6.26 Å². The van der Waals surface area contributed by atoms with Crippen molar-refractivity contribution in [3.63, 3.8) is 0 Å². The van der Waals surface area contributed by atoms with Gasteiger partial charge in [0.1, 0.15) is 5.76 Å². The van der Waals surface area contributed by atoms with Crippen LogP contribution in [0, 0.1) is 0 Å². The second-order valence-corrected chi connectivity index (χ2v) is 8.16. The van der Waals surface area contributed by atoms with E-state index in [1.165, 1.54) is 12.8 Å². The number of nitrogens with one attached hydrogen (secondary N) is 3. The normalized spacial score (nSPS) is 15.5. The monoisotopic (exact) mass is 439 g/mol. The molecule has 0 aliphatic carbocycles. The molecule has 0 radical (unpaired) electrons. The van der Waals surface area contributed by atoms with E-state index in [9.17, 15) is 4.79 Å². The van der Waals surface area contributed by atoms with E-state index >= 15 is 0 Å². The molecule has 174 valence electrons. The van der Waals surface area contributed by atoms with Gasteiger partial charge in [-0.3, -0.25) is 9.69 Å². The van der Waals surface area contributed by atoms with Crippen molar-refractivity contribution in [2.24, 2.45) is 4.99 Å². The molecule has 1 aromatic carbocycles. The minimum absolute atomic E-state index is 0.0191. The summed E-state index contributed by atoms with van der Waals surface area (Å²) in [6.07, 6.45) is 6.28. The zero-order chi connectivity index (χ0) is 22.6. The molecule has 1 atom stereocenters. The molecular formula is C25H37N5O2. The quantitative estimate of drug-likeness (QED) is 0.283. The highest BCUT2D eigenvalue weighted by Gasteiger charge is 2.25. The summed E-state index contributed by atoms with van der Waals surface area (Å²) >= 11 is 0. The summed E-state index contributed by atoms with van der Waals surface area (Å²) in [6.45, 7) is 9.15. The molecule has 1 aromatic heterocycles. The molecule has 3 N–H and O–H groups in total. The van der Waals surface area contributed by atoms with Crippen LogP contribution in [0.3, 0.4) is 0 Å². The minimum Gasteiger partial charge on any atom is -0.468 e. The number of hydrogen-bond donors (Lipinski definition) is 3. The first kappa shape index (κ1) is 23.9. The van der Waals surface area contributed by atoms with Crippen molar-refractivity contribution in [3.8, 4) is 0 Å². The van der Waals surface area contributed by atoms with Gasteiger partial charge in [-0.15, -0.1) is 0 Å². The molecule has 7 heteroatoms. The van der Waals surface area contributed by atoms with Crippen molar-refractivity contribution in [2.45, 2.75) is 52.1 Å². The number of aliphatic imine (C=N–C) groups is 1. The van der Waals surface area contributed by atoms with Gasteiger partial charge in [0.2, 0.25) is 0 Å². The third-order valence-electron chi connectivity index (χ3n) is 5.71. The van der Waals surface area contributed by atoms with Crippen molar-refractivity contribution in [1.29, 1.82) is 0 Å². The summed E-state index contributed by atoms with van der Waals surface area (Å²) in [7, 11) is 0. The minimum atomic E-state index is -0.0191. The van der Waals surface area contributed by atoms with Crippen LogP contribution in [0.5, 0.6) is 0 Å². The Morgan fingerprint density at radius 2 is 1.88 bits per heavy atom. The lowest BCUT2D eigenvalue weighted by Gasteiger charge is -2.26. The van der Waals surface area contributed by atoms with Crippen LogP contribution in [0.2, 0.25) is 0 Å². The molecule has 0 bridgehead atoms. The molecule has 2 aromatic rings. The maximum Gasteiger partial charge on any atom is 0.251 e. The number of furan rings is 1. The smallest absolute Gasteiger partial charge is 0.251 e. The summed E-state index contributed by atoms with van der Waals surface area (Å²) in [6, 6.07) is 11.9. The first-order valence-electron chi connectivity index (χ1n) is 11.9. The fourth-order valence-electron chi connectivity index (χ4n) is 3.89. The summed E-state index contributed by atoms with van der Waals surface area (Å²) < 4.78 is 5.72. The summed E-state index contributed by atoms with van der Waals surface area (Å²) in [5.74, 6) is 1.75. The number of likely N-dealkylation sites (tertiary alicyclic amines) is 1. The molecule has 1 aliphatic heterocycles. The number of hydrogen-bond acceptors (Lipinski definition) is 4. The summed E-state index contributed by atoms with van der Waals surface area (Å²) in [5, 5.41) is 9.77. The average molecular weight is 440 g/mol. The van der Waals surface area contributed by atoms with E-state index < -0.39 is 0 Å². The van der Waals surface area contributed by atoms with Crippen LogP contribution >= 0.6 is 0 Å². The second-order valence-electron chi connectivity index (χ2n) is 8.16. The Balaban J connectivity index is 1.57. The Bertz CT molecular complexity index is 827. The van der Waals surface area contributed by atoms with Crippen LogP contribution in [0.4, 0.5) is 0 Å². The third-order valence-corrected chi connectivity index (χ3v) is 5.71. The van der Waals surface area contributed by atoms with E-state index in [0.29, 0.717) is 12.1 Å². The van der Waals surface area contributed by atoms with E-state index in [-0.39, 0.29) is 11.9 Å². The first-order valence-corrected chi connectivity index (χ1v) is 11.9. The highest BCUT2D eigenvalue weighted by Crippen LogP contribution is 2.24. The predicted octanol–water partition coefficient (Wildman–Crippen LogP) is 3.70.